The lowest BCUT2D eigenvalue weighted by Crippen LogP contribution is -2.30. The Kier molecular flexibility index (Phi) is 5.56. The van der Waals surface area contributed by atoms with Crippen LogP contribution in [0.3, 0.4) is 0 Å². The number of rotatable bonds is 7. The van der Waals surface area contributed by atoms with E-state index in [1.54, 1.807) is 53.4 Å². The minimum absolute atomic E-state index is 0.110. The van der Waals surface area contributed by atoms with Crippen molar-refractivity contribution in [3.8, 4) is 50.9 Å². The number of aromatic nitrogens is 4. The number of pyridine rings is 1. The lowest BCUT2D eigenvalue weighted by atomic mass is 9.88. The fourth-order valence-electron chi connectivity index (χ4n) is 7.35. The molecule has 0 fully saturated rings. The molecule has 0 N–H and O–H groups in total. The first kappa shape index (κ1) is 23.0. The van der Waals surface area contributed by atoms with Crippen LogP contribution < -0.4 is 9.30 Å². The number of para-hydroxylation sites is 4. The molecule has 0 spiro atoms. The van der Waals surface area contributed by atoms with Crippen LogP contribution in [0.4, 0.5) is 0 Å². The van der Waals surface area contributed by atoms with Gasteiger partial charge in [-0.1, -0.05) is 136 Å². The predicted molar refractivity (Wildman–Crippen MR) is 233 cm³/mol. The highest BCUT2D eigenvalue weighted by molar-refractivity contribution is 6.09. The molecule has 0 unspecified atom stereocenters. The molecule has 0 amide bonds. The summed E-state index contributed by atoms with van der Waals surface area (Å²) in [5.41, 5.74) is 2.50. The third-order valence-corrected chi connectivity index (χ3v) is 10.0. The average molecular weight is 751 g/mol. The minimum atomic E-state index is -0.755. The van der Waals surface area contributed by atoms with Gasteiger partial charge in [-0.05, 0) is 76.7 Å². The van der Waals surface area contributed by atoms with E-state index in [9.17, 15) is 2.74 Å². The Bertz CT molecular complexity index is 3700. The second-order valence-corrected chi connectivity index (χ2v) is 14.6. The van der Waals surface area contributed by atoms with E-state index in [1.807, 2.05) is 48.7 Å². The largest absolute Gasteiger partial charge is 0.457 e. The van der Waals surface area contributed by atoms with E-state index < -0.39 is 89.7 Å². The van der Waals surface area contributed by atoms with E-state index in [2.05, 4.69) is 43.5 Å². The maximum Gasteiger partial charge on any atom is 0.255 e. The van der Waals surface area contributed by atoms with Gasteiger partial charge in [0.05, 0.1) is 28.9 Å². The zero-order chi connectivity index (χ0) is 49.8. The molecule has 0 radical (unpaired) electrons. The summed E-state index contributed by atoms with van der Waals surface area (Å²) >= 11 is 0. The fraction of sp³-hybridized carbons (Fsp3) is 0.0769. The summed E-state index contributed by atoms with van der Waals surface area (Å²) in [4.78, 5) is 4.80. The molecule has 0 aliphatic carbocycles. The van der Waals surface area contributed by atoms with Gasteiger partial charge >= 0.3 is 0 Å². The highest BCUT2D eigenvalue weighted by Gasteiger charge is 2.25. The van der Waals surface area contributed by atoms with Crippen LogP contribution in [0.15, 0.2) is 194 Å². The smallest absolute Gasteiger partial charge is 0.255 e. The molecular weight excluding hydrogens is 697 g/mol. The Morgan fingerprint density at radius 2 is 1.26 bits per heavy atom. The molecule has 0 aliphatic heterocycles. The highest BCUT2D eigenvalue weighted by Crippen LogP contribution is 2.37. The third kappa shape index (κ3) is 6.14. The lowest BCUT2D eigenvalue weighted by Gasteiger charge is -2.20. The minimum Gasteiger partial charge on any atom is -0.457 e. The van der Waals surface area contributed by atoms with Crippen molar-refractivity contribution in [2.45, 2.75) is 26.2 Å². The standard InChI is InChI=1S/C52H41N4O/c1-52(2,3)38-30-31-53-50(32-38)56-46-25-11-10-22-44(46)45-29-28-41(34-49(45)56)57-40-21-14-20-39(33-40)54-35-55(48-27-13-12-26-47(48)54)51-42(36-16-6-4-7-17-36)23-15-24-43(51)37-18-8-5-9-19-37/h4-35H,1-3H3/q+1/i4D,5D,6D,7D,8D,9D,15D,16D,17D,18D,19D,23D,24D. The fourth-order valence-corrected chi connectivity index (χ4v) is 7.35. The molecule has 10 rings (SSSR count). The van der Waals surface area contributed by atoms with Gasteiger partial charge in [-0.15, -0.1) is 0 Å². The van der Waals surface area contributed by atoms with Gasteiger partial charge < -0.3 is 4.74 Å². The zero-order valence-electron chi connectivity index (χ0n) is 44.2. The van der Waals surface area contributed by atoms with Crippen LogP contribution in [0.2, 0.25) is 0 Å². The van der Waals surface area contributed by atoms with Crippen LogP contribution in [0.5, 0.6) is 11.5 Å². The topological polar surface area (TPSA) is 35.9 Å². The number of imidazole rings is 1. The van der Waals surface area contributed by atoms with Gasteiger partial charge in [0.15, 0.2) is 11.0 Å². The van der Waals surface area contributed by atoms with Crippen molar-refractivity contribution in [2.75, 3.05) is 0 Å². The molecular formula is C52H41N4O+. The predicted octanol–water partition coefficient (Wildman–Crippen LogP) is 12.8. The summed E-state index contributed by atoms with van der Waals surface area (Å²) < 4.78 is 127. The summed E-state index contributed by atoms with van der Waals surface area (Å²) in [6, 6.07) is 23.2. The van der Waals surface area contributed by atoms with Crippen LogP contribution in [0.1, 0.15) is 44.2 Å². The van der Waals surface area contributed by atoms with Crippen molar-refractivity contribution >= 4 is 32.8 Å². The maximum atomic E-state index is 9.35. The number of fused-ring (bicyclic) bond motifs is 4. The van der Waals surface area contributed by atoms with Crippen LogP contribution in [-0.4, -0.2) is 14.1 Å². The van der Waals surface area contributed by atoms with Gasteiger partial charge in [0.25, 0.3) is 6.33 Å². The molecule has 0 saturated heterocycles. The quantitative estimate of drug-likeness (QED) is 0.152. The Balaban J connectivity index is 1.19. The molecule has 0 bridgehead atoms. The molecule has 7 aromatic carbocycles. The second-order valence-electron chi connectivity index (χ2n) is 14.6. The van der Waals surface area contributed by atoms with Gasteiger partial charge in [0.1, 0.15) is 28.7 Å². The number of ether oxygens (including phenoxy) is 1. The first-order valence-electron chi connectivity index (χ1n) is 24.9. The molecule has 0 aliphatic rings. The zero-order valence-corrected chi connectivity index (χ0v) is 31.2. The number of nitrogens with zero attached hydrogens (tertiary/aromatic N) is 4. The Hall–Kier alpha value is -7.24. The van der Waals surface area contributed by atoms with E-state index in [0.29, 0.717) is 28.2 Å². The van der Waals surface area contributed by atoms with E-state index in [4.69, 9.17) is 24.8 Å². The van der Waals surface area contributed by atoms with Crippen LogP contribution in [-0.2, 0) is 5.41 Å². The summed E-state index contributed by atoms with van der Waals surface area (Å²) in [5.74, 6) is 1.76. The number of hydrogen-bond acceptors (Lipinski definition) is 2. The summed E-state index contributed by atoms with van der Waals surface area (Å²) in [6.45, 7) is 6.48. The SMILES string of the molecule is [2H]c1c([2H])c([2H])c(-c2c([2H])c([2H])c([2H])c(-c3c([2H])c([2H])c([2H])c([2H])c3[2H])c2-[n+]2cn(-c3cccc(Oc4ccc5c6ccccc6n(-c6cc(C(C)(C)C)ccn6)c5c4)c3)c3ccccc32)c([2H])c1[2H]. The molecule has 274 valence electrons. The van der Waals surface area contributed by atoms with Crippen molar-refractivity contribution in [1.29, 1.82) is 0 Å². The van der Waals surface area contributed by atoms with E-state index in [-0.39, 0.29) is 22.2 Å². The lowest BCUT2D eigenvalue weighted by molar-refractivity contribution is -0.566. The van der Waals surface area contributed by atoms with Gasteiger partial charge in [-0.25, -0.2) is 4.98 Å². The van der Waals surface area contributed by atoms with Gasteiger partial charge in [-0.2, -0.15) is 9.13 Å². The van der Waals surface area contributed by atoms with Crippen LogP contribution in [0, 0.1) is 0 Å². The monoisotopic (exact) mass is 750 g/mol. The molecule has 3 aromatic heterocycles. The molecule has 0 saturated carbocycles. The Labute approximate surface area is 350 Å². The molecule has 10 aromatic rings. The van der Waals surface area contributed by atoms with E-state index in [0.717, 1.165) is 33.2 Å². The maximum absolute atomic E-state index is 9.35. The summed E-state index contributed by atoms with van der Waals surface area (Å²) in [5, 5.41) is 2.07. The van der Waals surface area contributed by atoms with E-state index in [1.165, 1.54) is 4.57 Å². The Morgan fingerprint density at radius 1 is 0.596 bits per heavy atom. The van der Waals surface area contributed by atoms with Gasteiger partial charge in [-0.3, -0.25) is 4.57 Å². The van der Waals surface area contributed by atoms with Crippen LogP contribution >= 0.6 is 0 Å². The first-order chi connectivity index (χ1) is 33.3. The molecule has 57 heavy (non-hydrogen) atoms. The highest BCUT2D eigenvalue weighted by atomic mass is 16.5. The van der Waals surface area contributed by atoms with Crippen molar-refractivity contribution < 1.29 is 27.1 Å². The summed E-state index contributed by atoms with van der Waals surface area (Å²) in [6.07, 6.45) is 3.41. The molecule has 5 heteroatoms. The summed E-state index contributed by atoms with van der Waals surface area (Å²) in [7, 11) is 0. The first-order valence-corrected chi connectivity index (χ1v) is 18.4. The Morgan fingerprint density at radius 3 is 2.00 bits per heavy atom. The van der Waals surface area contributed by atoms with Gasteiger partial charge in [0, 0.05) is 40.2 Å². The normalized spacial score (nSPS) is 15.0. The second kappa shape index (κ2) is 13.8. The molecule has 0 atom stereocenters. The van der Waals surface area contributed by atoms with Crippen molar-refractivity contribution in [3.05, 3.63) is 200 Å². The van der Waals surface area contributed by atoms with Crippen molar-refractivity contribution in [2.24, 2.45) is 0 Å². The molecule has 3 heterocycles. The van der Waals surface area contributed by atoms with Gasteiger partial charge in [0.2, 0.25) is 0 Å². The average Bonchev–Trinajstić information content (AvgIpc) is 3.90. The van der Waals surface area contributed by atoms with Crippen molar-refractivity contribution in [1.82, 2.24) is 14.1 Å². The van der Waals surface area contributed by atoms with E-state index >= 15 is 0 Å². The number of benzene rings is 7. The number of hydrogen-bond donors (Lipinski definition) is 0. The van der Waals surface area contributed by atoms with Crippen molar-refractivity contribution in [3.63, 3.8) is 0 Å². The van der Waals surface area contributed by atoms with Crippen LogP contribution in [0.25, 0.3) is 72.3 Å². The third-order valence-electron chi connectivity index (χ3n) is 10.0. The molecule has 5 nitrogen and oxygen atoms in total.